The second-order valence-electron chi connectivity index (χ2n) is 3.44. The number of ether oxygens (including phenoxy) is 1. The molecule has 4 nitrogen and oxygen atoms in total. The number of carbonyl (C=O) groups is 1. The van der Waals surface area contributed by atoms with E-state index in [2.05, 4.69) is 5.32 Å². The zero-order chi connectivity index (χ0) is 9.84. The Balaban J connectivity index is 2.41. The summed E-state index contributed by atoms with van der Waals surface area (Å²) in [7, 11) is 3.49. The Bertz CT molecular complexity index is 184. The number of likely N-dealkylation sites (N-methyl/N-ethyl adjacent to an activating group) is 1. The standard InChI is InChI=1S/C9H18N2O2/c1-7(13-3)9(12)11-5-4-8(6-11)10-2/h7-8,10H,4-6H2,1-3H3. The topological polar surface area (TPSA) is 41.6 Å². The molecule has 1 fully saturated rings. The molecule has 2 unspecified atom stereocenters. The summed E-state index contributed by atoms with van der Waals surface area (Å²) in [5, 5.41) is 3.17. The van der Waals surface area contributed by atoms with E-state index in [1.54, 1.807) is 14.0 Å². The zero-order valence-corrected chi connectivity index (χ0v) is 8.54. The molecule has 2 atom stereocenters. The van der Waals surface area contributed by atoms with Crippen LogP contribution in [0, 0.1) is 0 Å². The number of methoxy groups -OCH3 is 1. The van der Waals surface area contributed by atoms with Gasteiger partial charge in [-0.05, 0) is 20.4 Å². The van der Waals surface area contributed by atoms with Crippen molar-refractivity contribution in [2.45, 2.75) is 25.5 Å². The van der Waals surface area contributed by atoms with E-state index in [0.717, 1.165) is 19.5 Å². The van der Waals surface area contributed by atoms with E-state index in [1.165, 1.54) is 0 Å². The first-order chi connectivity index (χ1) is 6.19. The Hall–Kier alpha value is -0.610. The minimum atomic E-state index is -0.310. The van der Waals surface area contributed by atoms with Crippen molar-refractivity contribution in [3.8, 4) is 0 Å². The van der Waals surface area contributed by atoms with Crippen LogP contribution in [0.2, 0.25) is 0 Å². The quantitative estimate of drug-likeness (QED) is 0.666. The Morgan fingerprint density at radius 2 is 2.38 bits per heavy atom. The first-order valence-electron chi connectivity index (χ1n) is 4.68. The summed E-state index contributed by atoms with van der Waals surface area (Å²) >= 11 is 0. The van der Waals surface area contributed by atoms with Crippen LogP contribution in [-0.2, 0) is 9.53 Å². The first-order valence-corrected chi connectivity index (χ1v) is 4.68. The first kappa shape index (κ1) is 10.5. The predicted molar refractivity (Wildman–Crippen MR) is 50.5 cm³/mol. The minimum absolute atomic E-state index is 0.0975. The molecule has 1 aliphatic rings. The normalized spacial score (nSPS) is 24.8. The van der Waals surface area contributed by atoms with Crippen molar-refractivity contribution in [3.63, 3.8) is 0 Å². The van der Waals surface area contributed by atoms with Gasteiger partial charge in [-0.15, -0.1) is 0 Å². The molecule has 0 aliphatic carbocycles. The van der Waals surface area contributed by atoms with Crippen LogP contribution in [0.25, 0.3) is 0 Å². The monoisotopic (exact) mass is 186 g/mol. The predicted octanol–water partition coefficient (Wildman–Crippen LogP) is -0.158. The van der Waals surface area contributed by atoms with Gasteiger partial charge in [-0.1, -0.05) is 0 Å². The second-order valence-corrected chi connectivity index (χ2v) is 3.44. The maximum absolute atomic E-state index is 11.6. The van der Waals surface area contributed by atoms with Gasteiger partial charge in [0.15, 0.2) is 0 Å². The molecule has 1 rings (SSSR count). The van der Waals surface area contributed by atoms with Gasteiger partial charge in [-0.3, -0.25) is 4.79 Å². The number of carbonyl (C=O) groups excluding carboxylic acids is 1. The lowest BCUT2D eigenvalue weighted by atomic mass is 10.3. The van der Waals surface area contributed by atoms with Crippen LogP contribution >= 0.6 is 0 Å². The molecule has 0 bridgehead atoms. The van der Waals surface area contributed by atoms with Gasteiger partial charge in [-0.25, -0.2) is 0 Å². The molecular formula is C9H18N2O2. The highest BCUT2D eigenvalue weighted by molar-refractivity contribution is 5.80. The zero-order valence-electron chi connectivity index (χ0n) is 8.54. The van der Waals surface area contributed by atoms with Crippen LogP contribution < -0.4 is 5.32 Å². The fraction of sp³-hybridized carbons (Fsp3) is 0.889. The molecule has 0 aromatic heterocycles. The molecule has 1 N–H and O–H groups in total. The highest BCUT2D eigenvalue weighted by Gasteiger charge is 2.27. The molecule has 1 aliphatic heterocycles. The third-order valence-corrected chi connectivity index (χ3v) is 2.61. The van der Waals surface area contributed by atoms with E-state index in [0.29, 0.717) is 6.04 Å². The number of amides is 1. The average molecular weight is 186 g/mol. The Morgan fingerprint density at radius 3 is 2.85 bits per heavy atom. The molecule has 0 spiro atoms. The maximum atomic E-state index is 11.6. The van der Waals surface area contributed by atoms with Crippen LogP contribution in [0.1, 0.15) is 13.3 Å². The Labute approximate surface area is 79.2 Å². The highest BCUT2D eigenvalue weighted by atomic mass is 16.5. The van der Waals surface area contributed by atoms with E-state index in [1.807, 2.05) is 11.9 Å². The summed E-state index contributed by atoms with van der Waals surface area (Å²) in [5.74, 6) is 0.0975. The molecule has 1 saturated heterocycles. The largest absolute Gasteiger partial charge is 0.372 e. The molecular weight excluding hydrogens is 168 g/mol. The van der Waals surface area contributed by atoms with Gasteiger partial charge in [0.1, 0.15) is 6.10 Å². The third kappa shape index (κ3) is 2.42. The van der Waals surface area contributed by atoms with Crippen LogP contribution in [0.5, 0.6) is 0 Å². The summed E-state index contributed by atoms with van der Waals surface area (Å²) in [4.78, 5) is 13.5. The molecule has 76 valence electrons. The number of hydrogen-bond donors (Lipinski definition) is 1. The fourth-order valence-electron chi connectivity index (χ4n) is 1.55. The smallest absolute Gasteiger partial charge is 0.251 e. The van der Waals surface area contributed by atoms with Crippen molar-refractivity contribution in [2.24, 2.45) is 0 Å². The van der Waals surface area contributed by atoms with Crippen molar-refractivity contribution < 1.29 is 9.53 Å². The van der Waals surface area contributed by atoms with Crippen LogP contribution in [0.3, 0.4) is 0 Å². The second kappa shape index (κ2) is 4.58. The molecule has 1 heterocycles. The summed E-state index contributed by atoms with van der Waals surface area (Å²) in [6.45, 7) is 3.44. The summed E-state index contributed by atoms with van der Waals surface area (Å²) < 4.78 is 4.98. The van der Waals surface area contributed by atoms with Gasteiger partial charge in [0.05, 0.1) is 0 Å². The molecule has 0 saturated carbocycles. The van der Waals surface area contributed by atoms with E-state index in [-0.39, 0.29) is 12.0 Å². The van der Waals surface area contributed by atoms with Gasteiger partial charge in [0.25, 0.3) is 5.91 Å². The number of nitrogens with zero attached hydrogens (tertiary/aromatic N) is 1. The lowest BCUT2D eigenvalue weighted by molar-refractivity contribution is -0.139. The van der Waals surface area contributed by atoms with Gasteiger partial charge in [-0.2, -0.15) is 0 Å². The number of hydrogen-bond acceptors (Lipinski definition) is 3. The van der Waals surface area contributed by atoms with Gasteiger partial charge in [0, 0.05) is 26.2 Å². The van der Waals surface area contributed by atoms with Crippen LogP contribution in [0.4, 0.5) is 0 Å². The number of rotatable bonds is 3. The Morgan fingerprint density at radius 1 is 1.69 bits per heavy atom. The van der Waals surface area contributed by atoms with Gasteiger partial charge < -0.3 is 15.0 Å². The van der Waals surface area contributed by atoms with Crippen molar-refractivity contribution in [3.05, 3.63) is 0 Å². The lowest BCUT2D eigenvalue weighted by Crippen LogP contribution is -2.39. The molecule has 0 aromatic carbocycles. The van der Waals surface area contributed by atoms with Crippen LogP contribution in [-0.4, -0.2) is 50.2 Å². The van der Waals surface area contributed by atoms with E-state index < -0.39 is 0 Å². The number of nitrogens with one attached hydrogen (secondary N) is 1. The molecule has 0 aromatic rings. The summed E-state index contributed by atoms with van der Waals surface area (Å²) in [6.07, 6.45) is 0.731. The van der Waals surface area contributed by atoms with Gasteiger partial charge in [0.2, 0.25) is 0 Å². The molecule has 0 radical (unpaired) electrons. The van der Waals surface area contributed by atoms with Crippen molar-refractivity contribution in [2.75, 3.05) is 27.2 Å². The summed E-state index contributed by atoms with van der Waals surface area (Å²) in [5.41, 5.74) is 0. The maximum Gasteiger partial charge on any atom is 0.251 e. The molecule has 4 heteroatoms. The van der Waals surface area contributed by atoms with E-state index >= 15 is 0 Å². The molecule has 13 heavy (non-hydrogen) atoms. The van der Waals surface area contributed by atoms with Crippen molar-refractivity contribution >= 4 is 5.91 Å². The number of likely N-dealkylation sites (tertiary alicyclic amines) is 1. The van der Waals surface area contributed by atoms with Crippen molar-refractivity contribution in [1.29, 1.82) is 0 Å². The third-order valence-electron chi connectivity index (χ3n) is 2.61. The summed E-state index contributed by atoms with van der Waals surface area (Å²) in [6, 6.07) is 0.452. The van der Waals surface area contributed by atoms with Gasteiger partial charge >= 0.3 is 0 Å². The van der Waals surface area contributed by atoms with E-state index in [4.69, 9.17) is 4.74 Å². The molecule has 1 amide bonds. The average Bonchev–Trinajstić information content (AvgIpc) is 2.63. The van der Waals surface area contributed by atoms with Crippen molar-refractivity contribution in [1.82, 2.24) is 10.2 Å². The fourth-order valence-corrected chi connectivity index (χ4v) is 1.55. The minimum Gasteiger partial charge on any atom is -0.372 e. The van der Waals surface area contributed by atoms with Crippen LogP contribution in [0.15, 0.2) is 0 Å². The Kier molecular flexibility index (Phi) is 3.69. The van der Waals surface area contributed by atoms with E-state index in [9.17, 15) is 4.79 Å². The highest BCUT2D eigenvalue weighted by Crippen LogP contribution is 2.10. The SMILES string of the molecule is CNC1CCN(C(=O)C(C)OC)C1. The lowest BCUT2D eigenvalue weighted by Gasteiger charge is -2.19.